The molecule has 0 saturated carbocycles. The highest BCUT2D eigenvalue weighted by Gasteiger charge is 2.22. The summed E-state index contributed by atoms with van der Waals surface area (Å²) < 4.78 is 1.77. The summed E-state index contributed by atoms with van der Waals surface area (Å²) in [5, 5.41) is 18.1. The molecule has 0 bridgehead atoms. The minimum absolute atomic E-state index is 0.0135. The van der Waals surface area contributed by atoms with Crippen molar-refractivity contribution >= 4 is 34.8 Å². The van der Waals surface area contributed by atoms with Crippen LogP contribution >= 0.6 is 11.6 Å². The number of nitrogens with zero attached hydrogens (tertiary/aromatic N) is 4. The number of aromatic nitrogens is 3. The first-order chi connectivity index (χ1) is 15.6. The zero-order valence-corrected chi connectivity index (χ0v) is 18.0. The molecule has 162 valence electrons. The Labute approximate surface area is 190 Å². The van der Waals surface area contributed by atoms with E-state index in [0.717, 1.165) is 16.9 Å². The molecule has 7 nitrogen and oxygen atoms in total. The number of pyridine rings is 1. The smallest absolute Gasteiger partial charge is 0.253 e. The Morgan fingerprint density at radius 1 is 1.03 bits per heavy atom. The molecule has 1 aliphatic rings. The van der Waals surface area contributed by atoms with Crippen LogP contribution in [0.2, 0.25) is 5.02 Å². The first-order valence-corrected chi connectivity index (χ1v) is 10.9. The first-order valence-electron chi connectivity index (χ1n) is 10.5. The second kappa shape index (κ2) is 8.61. The maximum absolute atomic E-state index is 12.7. The lowest BCUT2D eigenvalue weighted by atomic mass is 10.1. The molecule has 0 unspecified atom stereocenters. The van der Waals surface area contributed by atoms with Crippen molar-refractivity contribution in [2.24, 2.45) is 0 Å². The lowest BCUT2D eigenvalue weighted by Crippen LogP contribution is -2.40. The standard InChI is InChI=1S/C24H22ClN5O2/c25-18-4-1-3-17(15-18)21-5-2-6-22-27-24(28-30(21)22)26-19-9-7-16(8-10-19)23(32)29-13-11-20(31)12-14-29/h1-10,15,20,31H,11-14H2,(H,26,28). The number of amides is 1. The molecule has 3 heterocycles. The Balaban J connectivity index is 1.35. The molecule has 1 saturated heterocycles. The highest BCUT2D eigenvalue weighted by atomic mass is 35.5. The zero-order chi connectivity index (χ0) is 22.1. The van der Waals surface area contributed by atoms with Crippen LogP contribution in [-0.2, 0) is 0 Å². The highest BCUT2D eigenvalue weighted by Crippen LogP contribution is 2.24. The SMILES string of the molecule is O=C(c1ccc(Nc2nc3cccc(-c4cccc(Cl)c4)n3n2)cc1)N1CCC(O)CC1. The van der Waals surface area contributed by atoms with Crippen LogP contribution in [0.3, 0.4) is 0 Å². The van der Waals surface area contributed by atoms with Crippen molar-refractivity contribution in [2.75, 3.05) is 18.4 Å². The summed E-state index contributed by atoms with van der Waals surface area (Å²) in [5.74, 6) is 0.448. The van der Waals surface area contributed by atoms with Crippen LogP contribution in [0.1, 0.15) is 23.2 Å². The number of nitrogens with one attached hydrogen (secondary N) is 1. The highest BCUT2D eigenvalue weighted by molar-refractivity contribution is 6.30. The summed E-state index contributed by atoms with van der Waals surface area (Å²) >= 11 is 6.15. The summed E-state index contributed by atoms with van der Waals surface area (Å²) in [4.78, 5) is 19.0. The van der Waals surface area contributed by atoms with Gasteiger partial charge in [0.1, 0.15) is 0 Å². The van der Waals surface area contributed by atoms with E-state index in [9.17, 15) is 9.90 Å². The summed E-state index contributed by atoms with van der Waals surface area (Å²) in [6.45, 7) is 1.17. The van der Waals surface area contributed by atoms with Gasteiger partial charge in [0.05, 0.1) is 11.8 Å². The number of benzene rings is 2. The van der Waals surface area contributed by atoms with Gasteiger partial charge in [-0.05, 0) is 61.4 Å². The number of aliphatic hydroxyl groups excluding tert-OH is 1. The summed E-state index contributed by atoms with van der Waals surface area (Å²) in [5.41, 5.74) is 3.96. The maximum atomic E-state index is 12.7. The molecule has 0 radical (unpaired) electrons. The molecule has 2 N–H and O–H groups in total. The van der Waals surface area contributed by atoms with E-state index in [2.05, 4.69) is 15.4 Å². The quantitative estimate of drug-likeness (QED) is 0.484. The predicted octanol–water partition coefficient (Wildman–Crippen LogP) is 4.39. The van der Waals surface area contributed by atoms with E-state index in [4.69, 9.17) is 11.6 Å². The molecule has 1 amide bonds. The third-order valence-corrected chi connectivity index (χ3v) is 5.85. The number of rotatable bonds is 4. The molecule has 2 aromatic heterocycles. The molecule has 0 aliphatic carbocycles. The van der Waals surface area contributed by atoms with E-state index >= 15 is 0 Å². The minimum Gasteiger partial charge on any atom is -0.393 e. The van der Waals surface area contributed by atoms with Gasteiger partial charge in [0.2, 0.25) is 5.95 Å². The summed E-state index contributed by atoms with van der Waals surface area (Å²) in [6.07, 6.45) is 0.951. The van der Waals surface area contributed by atoms with Gasteiger partial charge in [-0.15, -0.1) is 5.10 Å². The molecule has 2 aromatic carbocycles. The van der Waals surface area contributed by atoms with Gasteiger partial charge in [-0.1, -0.05) is 29.8 Å². The normalized spacial score (nSPS) is 14.6. The number of aliphatic hydroxyl groups is 1. The van der Waals surface area contributed by atoms with Crippen LogP contribution in [0.5, 0.6) is 0 Å². The van der Waals surface area contributed by atoms with Gasteiger partial charge in [-0.25, -0.2) is 4.52 Å². The Morgan fingerprint density at radius 2 is 1.78 bits per heavy atom. The minimum atomic E-state index is -0.303. The van der Waals surface area contributed by atoms with Crippen LogP contribution in [-0.4, -0.2) is 49.7 Å². The lowest BCUT2D eigenvalue weighted by molar-refractivity contribution is 0.0546. The second-order valence-corrected chi connectivity index (χ2v) is 8.29. The molecule has 4 aromatic rings. The van der Waals surface area contributed by atoms with Crippen LogP contribution in [0.15, 0.2) is 66.7 Å². The van der Waals surface area contributed by atoms with Crippen molar-refractivity contribution in [3.8, 4) is 11.3 Å². The van der Waals surface area contributed by atoms with Gasteiger partial charge in [0.15, 0.2) is 5.65 Å². The Bertz CT molecular complexity index is 1260. The number of piperidine rings is 1. The number of likely N-dealkylation sites (tertiary alicyclic amines) is 1. The molecule has 1 aliphatic heterocycles. The number of anilines is 2. The molecule has 5 rings (SSSR count). The topological polar surface area (TPSA) is 82.8 Å². The predicted molar refractivity (Wildman–Crippen MR) is 124 cm³/mol. The Kier molecular flexibility index (Phi) is 5.51. The van der Waals surface area contributed by atoms with Gasteiger partial charge in [0.25, 0.3) is 5.91 Å². The summed E-state index contributed by atoms with van der Waals surface area (Å²) in [7, 11) is 0. The largest absolute Gasteiger partial charge is 0.393 e. The fourth-order valence-electron chi connectivity index (χ4n) is 3.90. The summed E-state index contributed by atoms with van der Waals surface area (Å²) in [6, 6.07) is 20.7. The third-order valence-electron chi connectivity index (χ3n) is 5.62. The Hall–Kier alpha value is -3.42. The molecule has 0 spiro atoms. The average molecular weight is 448 g/mol. The number of hydrogen-bond donors (Lipinski definition) is 2. The van der Waals surface area contributed by atoms with Crippen molar-refractivity contribution in [2.45, 2.75) is 18.9 Å². The van der Waals surface area contributed by atoms with E-state index in [1.165, 1.54) is 0 Å². The molecule has 0 atom stereocenters. The molecular formula is C24H22ClN5O2. The van der Waals surface area contributed by atoms with Crippen molar-refractivity contribution in [3.63, 3.8) is 0 Å². The van der Waals surface area contributed by atoms with E-state index in [1.807, 2.05) is 54.6 Å². The zero-order valence-electron chi connectivity index (χ0n) is 17.3. The van der Waals surface area contributed by atoms with E-state index in [1.54, 1.807) is 21.5 Å². The number of fused-ring (bicyclic) bond motifs is 1. The molecular weight excluding hydrogens is 426 g/mol. The molecule has 8 heteroatoms. The van der Waals surface area contributed by atoms with Crippen molar-refractivity contribution in [1.29, 1.82) is 0 Å². The van der Waals surface area contributed by atoms with Crippen LogP contribution in [0, 0.1) is 0 Å². The number of carbonyl (C=O) groups is 1. The maximum Gasteiger partial charge on any atom is 0.253 e. The van der Waals surface area contributed by atoms with Crippen LogP contribution < -0.4 is 5.32 Å². The fourth-order valence-corrected chi connectivity index (χ4v) is 4.09. The number of halogens is 1. The van der Waals surface area contributed by atoms with Gasteiger partial charge < -0.3 is 15.3 Å². The third kappa shape index (κ3) is 4.17. The number of carbonyl (C=O) groups excluding carboxylic acids is 1. The van der Waals surface area contributed by atoms with E-state index in [-0.39, 0.29) is 12.0 Å². The fraction of sp³-hybridized carbons (Fsp3) is 0.208. The molecule has 1 fully saturated rings. The van der Waals surface area contributed by atoms with Crippen molar-refractivity contribution < 1.29 is 9.90 Å². The van der Waals surface area contributed by atoms with Crippen LogP contribution in [0.4, 0.5) is 11.6 Å². The van der Waals surface area contributed by atoms with Gasteiger partial charge in [-0.2, -0.15) is 4.98 Å². The van der Waals surface area contributed by atoms with Crippen molar-refractivity contribution in [3.05, 3.63) is 77.3 Å². The lowest BCUT2D eigenvalue weighted by Gasteiger charge is -2.29. The van der Waals surface area contributed by atoms with Gasteiger partial charge in [-0.3, -0.25) is 4.79 Å². The first kappa shape index (κ1) is 20.5. The van der Waals surface area contributed by atoms with Crippen molar-refractivity contribution in [1.82, 2.24) is 19.5 Å². The van der Waals surface area contributed by atoms with Crippen LogP contribution in [0.25, 0.3) is 16.9 Å². The van der Waals surface area contributed by atoms with Gasteiger partial charge in [0, 0.05) is 34.9 Å². The second-order valence-electron chi connectivity index (χ2n) is 7.85. The van der Waals surface area contributed by atoms with Gasteiger partial charge >= 0.3 is 0 Å². The van der Waals surface area contributed by atoms with E-state index < -0.39 is 0 Å². The average Bonchev–Trinajstić information content (AvgIpc) is 3.22. The number of hydrogen-bond acceptors (Lipinski definition) is 5. The Morgan fingerprint density at radius 3 is 2.53 bits per heavy atom. The monoisotopic (exact) mass is 447 g/mol. The molecule has 32 heavy (non-hydrogen) atoms. The van der Waals surface area contributed by atoms with E-state index in [0.29, 0.717) is 48.1 Å².